The number of benzene rings is 1. The molecule has 0 radical (unpaired) electrons. The number of hydrogen-bond donors (Lipinski definition) is 0. The van der Waals surface area contributed by atoms with Crippen molar-refractivity contribution in [2.24, 2.45) is 0 Å². The maximum absolute atomic E-state index is 4.50. The number of pyridine rings is 2. The Bertz CT molecular complexity index is 1050. The van der Waals surface area contributed by atoms with E-state index in [2.05, 4.69) is 84.3 Å². The molecule has 37 heavy (non-hydrogen) atoms. The van der Waals surface area contributed by atoms with Crippen molar-refractivity contribution in [2.45, 2.75) is 90.9 Å². The van der Waals surface area contributed by atoms with Crippen LogP contribution in [-0.4, -0.2) is 23.6 Å². The second kappa shape index (κ2) is 16.7. The molecule has 0 aliphatic rings. The van der Waals surface area contributed by atoms with Crippen LogP contribution in [0.3, 0.4) is 0 Å². The minimum absolute atomic E-state index is 0.903. The summed E-state index contributed by atoms with van der Waals surface area (Å²) >= 11 is 0. The molecule has 0 bridgehead atoms. The van der Waals surface area contributed by atoms with Gasteiger partial charge in [-0.2, -0.15) is 0 Å². The number of unbranched alkanes of at least 4 members (excludes halogenated alkanes) is 11. The number of hydrogen-bond acceptors (Lipinski definition) is 3. The van der Waals surface area contributed by atoms with Crippen molar-refractivity contribution >= 4 is 17.8 Å². The third-order valence-corrected chi connectivity index (χ3v) is 7.11. The van der Waals surface area contributed by atoms with Gasteiger partial charge in [0.1, 0.15) is 0 Å². The molecule has 0 unspecified atom stereocenters. The summed E-state index contributed by atoms with van der Waals surface area (Å²) < 4.78 is 0. The molecule has 0 fully saturated rings. The lowest BCUT2D eigenvalue weighted by Crippen LogP contribution is -2.18. The summed E-state index contributed by atoms with van der Waals surface area (Å²) in [6.45, 7) is 5.49. The van der Waals surface area contributed by atoms with Crippen molar-refractivity contribution in [2.75, 3.05) is 18.5 Å². The predicted molar refractivity (Wildman–Crippen MR) is 162 cm³/mol. The van der Waals surface area contributed by atoms with Crippen LogP contribution in [0.1, 0.15) is 101 Å². The molecule has 0 saturated heterocycles. The number of rotatable bonds is 17. The Labute approximate surface area is 226 Å². The van der Waals surface area contributed by atoms with Crippen LogP contribution in [0.5, 0.6) is 0 Å². The van der Waals surface area contributed by atoms with Crippen molar-refractivity contribution in [3.05, 3.63) is 77.6 Å². The van der Waals surface area contributed by atoms with Gasteiger partial charge in [-0.05, 0) is 66.4 Å². The largest absolute Gasteiger partial charge is 0.375 e. The highest BCUT2D eigenvalue weighted by Gasteiger charge is 2.03. The second-order valence-corrected chi connectivity index (χ2v) is 10.4. The Morgan fingerprint density at radius 3 is 1.78 bits per heavy atom. The number of nitrogens with zero attached hydrogens (tertiary/aromatic N) is 3. The lowest BCUT2D eigenvalue weighted by atomic mass is 10.1. The zero-order valence-electron chi connectivity index (χ0n) is 23.5. The first-order chi connectivity index (χ1) is 18.2. The lowest BCUT2D eigenvalue weighted by molar-refractivity contribution is 0.544. The average Bonchev–Trinajstić information content (AvgIpc) is 2.93. The first-order valence-corrected chi connectivity index (χ1v) is 14.5. The summed E-state index contributed by atoms with van der Waals surface area (Å²) in [4.78, 5) is 11.3. The molecule has 3 aromatic rings. The summed E-state index contributed by atoms with van der Waals surface area (Å²) in [5.41, 5.74) is 6.63. The monoisotopic (exact) mass is 497 g/mol. The maximum atomic E-state index is 4.50. The van der Waals surface area contributed by atoms with Crippen molar-refractivity contribution < 1.29 is 0 Å². The molecule has 2 aromatic heterocycles. The van der Waals surface area contributed by atoms with Gasteiger partial charge in [0.25, 0.3) is 0 Å². The molecule has 3 rings (SSSR count). The van der Waals surface area contributed by atoms with Gasteiger partial charge in [0.05, 0.1) is 11.4 Å². The van der Waals surface area contributed by atoms with E-state index in [0.29, 0.717) is 0 Å². The lowest BCUT2D eigenvalue weighted by Gasteiger charge is -2.19. The molecule has 2 heterocycles. The van der Waals surface area contributed by atoms with Crippen LogP contribution < -0.4 is 4.90 Å². The molecular weight excluding hydrogens is 450 g/mol. The first-order valence-electron chi connectivity index (χ1n) is 14.5. The minimum atomic E-state index is 0.903. The van der Waals surface area contributed by atoms with Crippen LogP contribution in [-0.2, 0) is 0 Å². The van der Waals surface area contributed by atoms with E-state index in [9.17, 15) is 0 Å². The van der Waals surface area contributed by atoms with Gasteiger partial charge >= 0.3 is 0 Å². The SMILES string of the molecule is CCCCCCCCCCCCCCN(C)c1ccc(/C=C/c2ccnc(-c3cc(C)ccn3)c2)cc1. The normalized spacial score (nSPS) is 11.3. The van der Waals surface area contributed by atoms with E-state index < -0.39 is 0 Å². The first kappa shape index (κ1) is 28.6. The predicted octanol–water partition coefficient (Wildman–Crippen LogP) is 9.76. The van der Waals surface area contributed by atoms with Crippen molar-refractivity contribution in [1.82, 2.24) is 9.97 Å². The molecule has 0 spiro atoms. The van der Waals surface area contributed by atoms with Gasteiger partial charge in [-0.1, -0.05) is 102 Å². The molecule has 3 nitrogen and oxygen atoms in total. The summed E-state index contributed by atoms with van der Waals surface area (Å²) in [5.74, 6) is 0. The van der Waals surface area contributed by atoms with E-state index in [1.54, 1.807) is 0 Å². The van der Waals surface area contributed by atoms with Crippen molar-refractivity contribution in [3.63, 3.8) is 0 Å². The van der Waals surface area contributed by atoms with E-state index in [1.165, 1.54) is 93.9 Å². The number of aryl methyl sites for hydroxylation is 1. The van der Waals surface area contributed by atoms with Gasteiger partial charge < -0.3 is 4.90 Å². The molecule has 198 valence electrons. The Balaban J connectivity index is 1.34. The Hall–Kier alpha value is -2.94. The van der Waals surface area contributed by atoms with Crippen LogP contribution in [0.2, 0.25) is 0 Å². The number of anilines is 1. The third-order valence-electron chi connectivity index (χ3n) is 7.11. The molecule has 0 aliphatic heterocycles. The fraction of sp³-hybridized carbons (Fsp3) is 0.471. The van der Waals surface area contributed by atoms with E-state index in [0.717, 1.165) is 23.5 Å². The van der Waals surface area contributed by atoms with Gasteiger partial charge in [-0.3, -0.25) is 9.97 Å². The smallest absolute Gasteiger partial charge is 0.0892 e. The van der Waals surface area contributed by atoms with Gasteiger partial charge in [-0.25, -0.2) is 0 Å². The summed E-state index contributed by atoms with van der Waals surface area (Å²) in [5, 5.41) is 0. The molecule has 0 N–H and O–H groups in total. The molecule has 0 atom stereocenters. The fourth-order valence-corrected chi connectivity index (χ4v) is 4.72. The molecular formula is C34H47N3. The number of aromatic nitrogens is 2. The summed E-state index contributed by atoms with van der Waals surface area (Å²) in [6.07, 6.45) is 24.8. The Kier molecular flexibility index (Phi) is 12.9. The highest BCUT2D eigenvalue weighted by Crippen LogP contribution is 2.20. The van der Waals surface area contributed by atoms with Crippen LogP contribution in [0.25, 0.3) is 23.5 Å². The zero-order valence-corrected chi connectivity index (χ0v) is 23.5. The van der Waals surface area contributed by atoms with Gasteiger partial charge in [-0.15, -0.1) is 0 Å². The average molecular weight is 498 g/mol. The van der Waals surface area contributed by atoms with Crippen LogP contribution in [0.4, 0.5) is 5.69 Å². The molecule has 0 saturated carbocycles. The minimum Gasteiger partial charge on any atom is -0.375 e. The zero-order chi connectivity index (χ0) is 26.1. The highest BCUT2D eigenvalue weighted by atomic mass is 15.1. The van der Waals surface area contributed by atoms with Crippen LogP contribution in [0, 0.1) is 6.92 Å². The van der Waals surface area contributed by atoms with Gasteiger partial charge in [0.2, 0.25) is 0 Å². The van der Waals surface area contributed by atoms with Gasteiger partial charge in [0, 0.05) is 31.7 Å². The van der Waals surface area contributed by atoms with Crippen LogP contribution >= 0.6 is 0 Å². The van der Waals surface area contributed by atoms with Gasteiger partial charge in [0.15, 0.2) is 0 Å². The Morgan fingerprint density at radius 1 is 0.622 bits per heavy atom. The van der Waals surface area contributed by atoms with E-state index >= 15 is 0 Å². The summed E-state index contributed by atoms with van der Waals surface area (Å²) in [7, 11) is 2.21. The Morgan fingerprint density at radius 2 is 1.16 bits per heavy atom. The summed E-state index contributed by atoms with van der Waals surface area (Å²) in [6, 6.07) is 17.1. The fourth-order valence-electron chi connectivity index (χ4n) is 4.72. The molecule has 3 heteroatoms. The maximum Gasteiger partial charge on any atom is 0.0892 e. The second-order valence-electron chi connectivity index (χ2n) is 10.4. The quantitative estimate of drug-likeness (QED) is 0.174. The van der Waals surface area contributed by atoms with Crippen LogP contribution in [0.15, 0.2) is 60.9 Å². The highest BCUT2D eigenvalue weighted by molar-refractivity contribution is 5.72. The van der Waals surface area contributed by atoms with E-state index in [1.807, 2.05) is 24.5 Å². The molecule has 1 aromatic carbocycles. The van der Waals surface area contributed by atoms with Crippen molar-refractivity contribution in [3.8, 4) is 11.4 Å². The van der Waals surface area contributed by atoms with E-state index in [4.69, 9.17) is 0 Å². The third kappa shape index (κ3) is 10.9. The molecule has 0 aliphatic carbocycles. The topological polar surface area (TPSA) is 29.0 Å². The molecule has 0 amide bonds. The van der Waals surface area contributed by atoms with E-state index in [-0.39, 0.29) is 0 Å². The standard InChI is InChI=1S/C34H47N3/c1-4-5-6-7-8-9-10-11-12-13-14-15-26-37(3)32-20-18-30(19-21-32)16-17-31-23-25-36-34(28-31)33-27-29(2)22-24-35-33/h16-25,27-28H,4-15,26H2,1-3H3/b17-16+. The van der Waals surface area contributed by atoms with Crippen molar-refractivity contribution in [1.29, 1.82) is 0 Å².